The third kappa shape index (κ3) is 6.37. The van der Waals surface area contributed by atoms with Crippen molar-refractivity contribution in [1.29, 1.82) is 0 Å². The number of aromatic nitrogens is 4. The highest BCUT2D eigenvalue weighted by molar-refractivity contribution is 6.17. The number of benzene rings is 10. The Kier molecular flexibility index (Phi) is 8.95. The van der Waals surface area contributed by atoms with Crippen molar-refractivity contribution in [2.45, 2.75) is 12.8 Å². The molecule has 66 heavy (non-hydrogen) atoms. The Labute approximate surface area is 382 Å². The molecule has 1 aliphatic carbocycles. The zero-order valence-electron chi connectivity index (χ0n) is 36.0. The number of allylic oxidation sites excluding steroid dienone is 1. The van der Waals surface area contributed by atoms with E-state index in [1.807, 2.05) is 0 Å². The summed E-state index contributed by atoms with van der Waals surface area (Å²) >= 11 is 0. The minimum Gasteiger partial charge on any atom is -0.247 e. The van der Waals surface area contributed by atoms with Crippen LogP contribution in [0.4, 0.5) is 0 Å². The highest BCUT2D eigenvalue weighted by Gasteiger charge is 2.20. The molecule has 0 amide bonds. The molecule has 2 heterocycles. The maximum absolute atomic E-state index is 5.37. The van der Waals surface area contributed by atoms with Crippen LogP contribution in [-0.4, -0.2) is 19.9 Å². The number of fused-ring (bicyclic) bond motifs is 9. The summed E-state index contributed by atoms with van der Waals surface area (Å²) < 4.78 is 0. The smallest absolute Gasteiger partial charge is 0.164 e. The summed E-state index contributed by atoms with van der Waals surface area (Å²) in [6.07, 6.45) is 6.56. The summed E-state index contributed by atoms with van der Waals surface area (Å²) in [5, 5.41) is 10.5. The monoisotopic (exact) mass is 840 g/mol. The molecule has 0 bridgehead atoms. The maximum atomic E-state index is 5.37. The minimum atomic E-state index is 0.642. The molecule has 0 fully saturated rings. The lowest BCUT2D eigenvalue weighted by molar-refractivity contribution is 0.988. The molecule has 4 heteroatoms. The van der Waals surface area contributed by atoms with Crippen LogP contribution in [0.2, 0.25) is 0 Å². The van der Waals surface area contributed by atoms with Gasteiger partial charge in [-0.05, 0) is 96.7 Å². The molecule has 1 aliphatic rings. The van der Waals surface area contributed by atoms with Crippen LogP contribution < -0.4 is 0 Å². The highest BCUT2D eigenvalue weighted by Crippen LogP contribution is 2.41. The van der Waals surface area contributed by atoms with Gasteiger partial charge in [0, 0.05) is 38.4 Å². The van der Waals surface area contributed by atoms with Crippen LogP contribution in [0, 0.1) is 0 Å². The Morgan fingerprint density at radius 2 is 0.894 bits per heavy atom. The molecule has 10 aromatic carbocycles. The van der Waals surface area contributed by atoms with E-state index in [1.54, 1.807) is 0 Å². The topological polar surface area (TPSA) is 51.6 Å². The molecule has 0 radical (unpaired) electrons. The summed E-state index contributed by atoms with van der Waals surface area (Å²) in [6.45, 7) is 0. The summed E-state index contributed by atoms with van der Waals surface area (Å²) in [6, 6.07) is 73.5. The number of hydrogen-bond acceptors (Lipinski definition) is 4. The molecule has 0 saturated heterocycles. The number of hydrogen-bond donors (Lipinski definition) is 0. The Hall–Kier alpha value is -8.60. The van der Waals surface area contributed by atoms with Gasteiger partial charge in [0.15, 0.2) is 17.5 Å². The van der Waals surface area contributed by atoms with Crippen LogP contribution >= 0.6 is 0 Å². The van der Waals surface area contributed by atoms with Crippen molar-refractivity contribution in [1.82, 2.24) is 19.9 Å². The molecule has 12 aromatic rings. The zero-order valence-corrected chi connectivity index (χ0v) is 36.0. The lowest BCUT2D eigenvalue weighted by Gasteiger charge is -2.17. The fraction of sp³-hybridized carbons (Fsp3) is 0.0323. The van der Waals surface area contributed by atoms with E-state index >= 15 is 0 Å². The quantitative estimate of drug-likeness (QED) is 0.157. The van der Waals surface area contributed by atoms with Crippen molar-refractivity contribution < 1.29 is 0 Å². The van der Waals surface area contributed by atoms with Crippen molar-refractivity contribution >= 4 is 60.1 Å². The first-order valence-electron chi connectivity index (χ1n) is 22.7. The van der Waals surface area contributed by atoms with Gasteiger partial charge in [-0.2, -0.15) is 0 Å². The number of nitrogens with zero attached hydrogens (tertiary/aromatic N) is 4. The highest BCUT2D eigenvalue weighted by atomic mass is 15.0. The average Bonchev–Trinajstić information content (AvgIpc) is 3.40. The van der Waals surface area contributed by atoms with Crippen LogP contribution in [0.5, 0.6) is 0 Å². The molecule has 2 aromatic heterocycles. The molecule has 308 valence electrons. The van der Waals surface area contributed by atoms with Gasteiger partial charge in [-0.3, -0.25) is 0 Å². The molecule has 0 aliphatic heterocycles. The largest absolute Gasteiger partial charge is 0.247 e. The minimum absolute atomic E-state index is 0.642. The van der Waals surface area contributed by atoms with E-state index in [9.17, 15) is 0 Å². The Morgan fingerprint density at radius 3 is 1.65 bits per heavy atom. The van der Waals surface area contributed by atoms with Crippen LogP contribution in [0.3, 0.4) is 0 Å². The standard InChI is InChI=1S/C62H40N4/c1-2-15-42(16-3-1)59-54-27-14-26-48(58(54)53-25-12-13-28-57(53)63-59)41-33-29-39(30-34-41)40-31-35-43(36-32-40)60-64-61(55-37-44-17-4-6-19-46(44)49-21-8-10-23-51(49)55)66-62(65-60)56-38-45-18-5-7-20-47(45)50-22-9-11-24-52(50)56/h1-4,6-17,19-38H,5,18H2. The molecule has 4 nitrogen and oxygen atoms in total. The van der Waals surface area contributed by atoms with E-state index < -0.39 is 0 Å². The van der Waals surface area contributed by atoms with Gasteiger partial charge in [-0.15, -0.1) is 0 Å². The Bertz CT molecular complexity index is 3910. The van der Waals surface area contributed by atoms with Crippen LogP contribution in [0.15, 0.2) is 212 Å². The molecule has 0 saturated carbocycles. The van der Waals surface area contributed by atoms with E-state index in [2.05, 4.69) is 218 Å². The van der Waals surface area contributed by atoms with E-state index in [1.165, 1.54) is 38.2 Å². The number of para-hydroxylation sites is 1. The van der Waals surface area contributed by atoms with Gasteiger partial charge in [0.1, 0.15) is 0 Å². The second kappa shape index (κ2) is 15.6. The molecule has 13 rings (SSSR count). The summed E-state index contributed by atoms with van der Waals surface area (Å²) in [5.41, 5.74) is 13.3. The average molecular weight is 841 g/mol. The first kappa shape index (κ1) is 37.9. The van der Waals surface area contributed by atoms with E-state index in [-0.39, 0.29) is 0 Å². The zero-order chi connectivity index (χ0) is 43.6. The van der Waals surface area contributed by atoms with Crippen LogP contribution in [-0.2, 0) is 6.42 Å². The van der Waals surface area contributed by atoms with Gasteiger partial charge in [0.2, 0.25) is 0 Å². The van der Waals surface area contributed by atoms with E-state index in [0.29, 0.717) is 17.5 Å². The van der Waals surface area contributed by atoms with Crippen molar-refractivity contribution in [2.24, 2.45) is 0 Å². The second-order valence-corrected chi connectivity index (χ2v) is 17.2. The summed E-state index contributed by atoms with van der Waals surface area (Å²) in [7, 11) is 0. The number of pyridine rings is 1. The molecule has 0 spiro atoms. The predicted octanol–water partition coefficient (Wildman–Crippen LogP) is 16.0. The second-order valence-electron chi connectivity index (χ2n) is 17.2. The molecular weight excluding hydrogens is 801 g/mol. The van der Waals surface area contributed by atoms with Crippen molar-refractivity contribution in [3.8, 4) is 67.7 Å². The first-order chi connectivity index (χ1) is 32.7. The van der Waals surface area contributed by atoms with Gasteiger partial charge in [-0.25, -0.2) is 19.9 Å². The third-order valence-electron chi connectivity index (χ3n) is 13.4. The van der Waals surface area contributed by atoms with Gasteiger partial charge >= 0.3 is 0 Å². The Morgan fingerprint density at radius 1 is 0.333 bits per heavy atom. The van der Waals surface area contributed by atoms with Gasteiger partial charge in [0.25, 0.3) is 0 Å². The number of aryl methyl sites for hydroxylation is 1. The molecular formula is C62H40N4. The van der Waals surface area contributed by atoms with Gasteiger partial charge < -0.3 is 0 Å². The first-order valence-corrected chi connectivity index (χ1v) is 22.7. The predicted molar refractivity (Wildman–Crippen MR) is 275 cm³/mol. The lowest BCUT2D eigenvalue weighted by atomic mass is 9.89. The fourth-order valence-electron chi connectivity index (χ4n) is 10.2. The summed E-state index contributed by atoms with van der Waals surface area (Å²) in [5.74, 6) is 1.97. The third-order valence-corrected chi connectivity index (χ3v) is 13.4. The van der Waals surface area contributed by atoms with Crippen molar-refractivity contribution in [3.63, 3.8) is 0 Å². The van der Waals surface area contributed by atoms with E-state index in [0.717, 1.165) is 89.9 Å². The molecule has 0 atom stereocenters. The molecule has 0 N–H and O–H groups in total. The van der Waals surface area contributed by atoms with E-state index in [4.69, 9.17) is 19.9 Å². The van der Waals surface area contributed by atoms with Gasteiger partial charge in [0.05, 0.1) is 11.2 Å². The maximum Gasteiger partial charge on any atom is 0.164 e. The summed E-state index contributed by atoms with van der Waals surface area (Å²) in [4.78, 5) is 21.2. The van der Waals surface area contributed by atoms with Crippen molar-refractivity contribution in [2.75, 3.05) is 0 Å². The molecule has 0 unspecified atom stereocenters. The van der Waals surface area contributed by atoms with Crippen LogP contribution in [0.25, 0.3) is 128 Å². The Balaban J connectivity index is 0.922. The lowest BCUT2D eigenvalue weighted by Crippen LogP contribution is -2.03. The normalized spacial score (nSPS) is 12.4. The van der Waals surface area contributed by atoms with Gasteiger partial charge in [-0.1, -0.05) is 200 Å². The van der Waals surface area contributed by atoms with Crippen molar-refractivity contribution in [3.05, 3.63) is 223 Å². The SMILES string of the molecule is C1=Cc2c(cc(-c3nc(-c4ccc(-c5ccc(-c6cccc7c(-c8ccccc8)nc8ccccc8c67)cc5)cc4)nc(-c4cc5ccccc5c5ccccc45)n3)c3ccccc23)CC1. The number of rotatable bonds is 6. The fourth-order valence-corrected chi connectivity index (χ4v) is 10.2. The van der Waals surface area contributed by atoms with Crippen LogP contribution in [0.1, 0.15) is 17.5 Å².